The molecule has 0 saturated heterocycles. The maximum Gasteiger partial charge on any atom is 0.159 e. The molecule has 0 spiro atoms. The lowest BCUT2D eigenvalue weighted by atomic mass is 10.1. The smallest absolute Gasteiger partial charge is 0.159 e. The Morgan fingerprint density at radius 1 is 1.16 bits per heavy atom. The van der Waals surface area contributed by atoms with Crippen LogP contribution in [0.4, 0.5) is 0 Å². The fourth-order valence-corrected chi connectivity index (χ4v) is 2.38. The zero-order valence-electron chi connectivity index (χ0n) is 10.1. The van der Waals surface area contributed by atoms with Crippen molar-refractivity contribution in [1.29, 1.82) is 0 Å². The molecule has 0 amide bonds. The second-order valence-corrected chi connectivity index (χ2v) is 5.41. The van der Waals surface area contributed by atoms with Gasteiger partial charge in [0.2, 0.25) is 0 Å². The van der Waals surface area contributed by atoms with Crippen molar-refractivity contribution in [2.45, 2.75) is 6.92 Å². The first-order valence-electron chi connectivity index (χ1n) is 5.69. The molecule has 3 nitrogen and oxygen atoms in total. The van der Waals surface area contributed by atoms with Crippen LogP contribution in [-0.4, -0.2) is 15.0 Å². The van der Waals surface area contributed by atoms with Gasteiger partial charge >= 0.3 is 0 Å². The van der Waals surface area contributed by atoms with E-state index in [4.69, 9.17) is 11.6 Å². The highest BCUT2D eigenvalue weighted by molar-refractivity contribution is 9.10. The second kappa shape index (κ2) is 4.87. The molecule has 0 fully saturated rings. The molecule has 0 saturated carbocycles. The summed E-state index contributed by atoms with van der Waals surface area (Å²) >= 11 is 9.58. The van der Waals surface area contributed by atoms with Gasteiger partial charge in [0.25, 0.3) is 0 Å². The van der Waals surface area contributed by atoms with Crippen molar-refractivity contribution in [1.82, 2.24) is 15.0 Å². The number of hydrogen-bond donors (Lipinski definition) is 0. The Morgan fingerprint density at radius 3 is 2.79 bits per heavy atom. The number of benzene rings is 1. The fraction of sp³-hybridized carbons (Fsp3) is 0.0714. The van der Waals surface area contributed by atoms with Gasteiger partial charge in [0.05, 0.1) is 0 Å². The van der Waals surface area contributed by atoms with Gasteiger partial charge in [-0.05, 0) is 24.6 Å². The van der Waals surface area contributed by atoms with Crippen LogP contribution in [0.1, 0.15) is 5.56 Å². The van der Waals surface area contributed by atoms with E-state index >= 15 is 0 Å². The topological polar surface area (TPSA) is 38.7 Å². The molecule has 0 radical (unpaired) electrons. The van der Waals surface area contributed by atoms with Crippen LogP contribution in [0.2, 0.25) is 5.15 Å². The van der Waals surface area contributed by atoms with Crippen LogP contribution in [0.5, 0.6) is 0 Å². The maximum absolute atomic E-state index is 6.06. The first-order valence-corrected chi connectivity index (χ1v) is 6.86. The van der Waals surface area contributed by atoms with Crippen LogP contribution in [0.15, 0.2) is 41.1 Å². The number of hydrogen-bond acceptors (Lipinski definition) is 3. The first kappa shape index (κ1) is 12.5. The Labute approximate surface area is 123 Å². The average molecular weight is 335 g/mol. The van der Waals surface area contributed by atoms with Crippen molar-refractivity contribution in [3.8, 4) is 11.4 Å². The summed E-state index contributed by atoms with van der Waals surface area (Å²) in [6.07, 6.45) is 3.41. The highest BCUT2D eigenvalue weighted by atomic mass is 79.9. The minimum atomic E-state index is 0.396. The Hall–Kier alpha value is -1.52. The van der Waals surface area contributed by atoms with Crippen molar-refractivity contribution in [3.05, 3.63) is 51.8 Å². The molecule has 0 bridgehead atoms. The molecule has 1 aromatic carbocycles. The van der Waals surface area contributed by atoms with Gasteiger partial charge in [0.15, 0.2) is 11.0 Å². The summed E-state index contributed by atoms with van der Waals surface area (Å²) in [6.45, 7) is 2.04. The Bertz CT molecular complexity index is 774. The molecule has 94 valence electrons. The minimum Gasteiger partial charge on any atom is -0.242 e. The van der Waals surface area contributed by atoms with E-state index in [0.29, 0.717) is 16.5 Å². The van der Waals surface area contributed by atoms with Crippen molar-refractivity contribution < 1.29 is 0 Å². The van der Waals surface area contributed by atoms with Gasteiger partial charge in [-0.3, -0.25) is 0 Å². The lowest BCUT2D eigenvalue weighted by Gasteiger charge is -2.05. The molecular weight excluding hydrogens is 326 g/mol. The number of nitrogens with zero attached hydrogens (tertiary/aromatic N) is 3. The van der Waals surface area contributed by atoms with Crippen LogP contribution < -0.4 is 0 Å². The van der Waals surface area contributed by atoms with Crippen LogP contribution in [-0.2, 0) is 0 Å². The van der Waals surface area contributed by atoms with Crippen molar-refractivity contribution >= 4 is 38.4 Å². The van der Waals surface area contributed by atoms with E-state index in [1.165, 1.54) is 5.56 Å². The van der Waals surface area contributed by atoms with Crippen LogP contribution >= 0.6 is 27.5 Å². The highest BCUT2D eigenvalue weighted by Crippen LogP contribution is 2.25. The summed E-state index contributed by atoms with van der Waals surface area (Å²) in [5, 5.41) is 1.28. The molecular formula is C14H9BrClN3. The Balaban J connectivity index is 2.20. The maximum atomic E-state index is 6.06. The van der Waals surface area contributed by atoms with Gasteiger partial charge in [-0.25, -0.2) is 15.0 Å². The van der Waals surface area contributed by atoms with Gasteiger partial charge in [-0.1, -0.05) is 39.7 Å². The minimum absolute atomic E-state index is 0.396. The molecule has 3 rings (SSSR count). The quantitative estimate of drug-likeness (QED) is 0.618. The van der Waals surface area contributed by atoms with E-state index in [9.17, 15) is 0 Å². The molecule has 0 atom stereocenters. The third-order valence-electron chi connectivity index (χ3n) is 2.88. The number of aromatic nitrogens is 3. The van der Waals surface area contributed by atoms with Gasteiger partial charge in [-0.15, -0.1) is 0 Å². The second-order valence-electron chi connectivity index (χ2n) is 4.20. The SMILES string of the molecule is Cc1ccc(-c2ncc3ccnc(Cl)c3n2)cc1Br. The number of fused-ring (bicyclic) bond motifs is 1. The summed E-state index contributed by atoms with van der Waals surface area (Å²) in [6, 6.07) is 7.86. The lowest BCUT2D eigenvalue weighted by molar-refractivity contribution is 1.20. The largest absolute Gasteiger partial charge is 0.242 e. The predicted molar refractivity (Wildman–Crippen MR) is 80.2 cm³/mol. The summed E-state index contributed by atoms with van der Waals surface area (Å²) in [7, 11) is 0. The number of pyridine rings is 1. The Morgan fingerprint density at radius 2 is 2.00 bits per heavy atom. The summed E-state index contributed by atoms with van der Waals surface area (Å²) < 4.78 is 1.03. The summed E-state index contributed by atoms with van der Waals surface area (Å²) in [4.78, 5) is 12.9. The van der Waals surface area contributed by atoms with Gasteiger partial charge in [0.1, 0.15) is 5.52 Å². The molecule has 19 heavy (non-hydrogen) atoms. The zero-order valence-corrected chi connectivity index (χ0v) is 12.4. The predicted octanol–water partition coefficient (Wildman–Crippen LogP) is 4.42. The molecule has 2 heterocycles. The molecule has 0 unspecified atom stereocenters. The Kier molecular flexibility index (Phi) is 3.21. The van der Waals surface area contributed by atoms with E-state index in [1.807, 2.05) is 31.2 Å². The highest BCUT2D eigenvalue weighted by Gasteiger charge is 2.07. The van der Waals surface area contributed by atoms with Crippen LogP contribution in [0.25, 0.3) is 22.3 Å². The average Bonchev–Trinajstić information content (AvgIpc) is 2.42. The molecule has 0 aliphatic carbocycles. The normalized spacial score (nSPS) is 10.9. The third-order valence-corrected chi connectivity index (χ3v) is 4.02. The van der Waals surface area contributed by atoms with E-state index < -0.39 is 0 Å². The molecule has 0 aliphatic heterocycles. The van der Waals surface area contributed by atoms with Crippen molar-refractivity contribution in [2.24, 2.45) is 0 Å². The molecule has 3 aromatic rings. The van der Waals surface area contributed by atoms with E-state index in [0.717, 1.165) is 15.4 Å². The van der Waals surface area contributed by atoms with Crippen LogP contribution in [0, 0.1) is 6.92 Å². The molecule has 5 heteroatoms. The monoisotopic (exact) mass is 333 g/mol. The lowest BCUT2D eigenvalue weighted by Crippen LogP contribution is -1.92. The van der Waals surface area contributed by atoms with Crippen molar-refractivity contribution in [2.75, 3.05) is 0 Å². The standard InChI is InChI=1S/C14H9BrClN3/c1-8-2-3-9(6-11(8)15)14-18-7-10-4-5-17-13(16)12(10)19-14/h2-7H,1H3. The third kappa shape index (κ3) is 2.33. The van der Waals surface area contributed by atoms with Gasteiger partial charge in [0, 0.05) is 27.8 Å². The molecule has 0 N–H and O–H groups in total. The number of halogens is 2. The fourth-order valence-electron chi connectivity index (χ4n) is 1.79. The van der Waals surface area contributed by atoms with E-state index in [1.54, 1.807) is 12.4 Å². The summed E-state index contributed by atoms with van der Waals surface area (Å²) in [5.41, 5.74) is 2.79. The number of aryl methyl sites for hydroxylation is 1. The zero-order chi connectivity index (χ0) is 13.4. The van der Waals surface area contributed by atoms with Crippen molar-refractivity contribution in [3.63, 3.8) is 0 Å². The molecule has 2 aromatic heterocycles. The van der Waals surface area contributed by atoms with E-state index in [2.05, 4.69) is 30.9 Å². The number of rotatable bonds is 1. The van der Waals surface area contributed by atoms with Crippen LogP contribution in [0.3, 0.4) is 0 Å². The first-order chi connectivity index (χ1) is 9.15. The van der Waals surface area contributed by atoms with Gasteiger partial charge in [-0.2, -0.15) is 0 Å². The molecule has 0 aliphatic rings. The van der Waals surface area contributed by atoms with E-state index in [-0.39, 0.29) is 0 Å². The van der Waals surface area contributed by atoms with Gasteiger partial charge < -0.3 is 0 Å². The summed E-state index contributed by atoms with van der Waals surface area (Å²) in [5.74, 6) is 0.642.